The largest absolute Gasteiger partial charge is 0.497 e. The maximum Gasteiger partial charge on any atom is 0.282 e. The fourth-order valence-corrected chi connectivity index (χ4v) is 5.04. The van der Waals surface area contributed by atoms with Crippen LogP contribution in [0.2, 0.25) is 0 Å². The Bertz CT molecular complexity index is 1200. The molecule has 2 heterocycles. The third-order valence-corrected chi connectivity index (χ3v) is 7.16. The van der Waals surface area contributed by atoms with Crippen LogP contribution >= 0.6 is 34.4 Å². The number of aromatic nitrogens is 4. The van der Waals surface area contributed by atoms with Crippen molar-refractivity contribution >= 4 is 51.2 Å². The van der Waals surface area contributed by atoms with E-state index in [-0.39, 0.29) is 23.3 Å². The summed E-state index contributed by atoms with van der Waals surface area (Å²) in [6, 6.07) is 13.5. The molecule has 0 atom stereocenters. The third kappa shape index (κ3) is 5.99. The van der Waals surface area contributed by atoms with Gasteiger partial charge in [0.1, 0.15) is 16.6 Å². The molecule has 4 rings (SSSR count). The Morgan fingerprint density at radius 2 is 1.94 bits per heavy atom. The summed E-state index contributed by atoms with van der Waals surface area (Å²) >= 11 is 4.11. The van der Waals surface area contributed by atoms with Crippen LogP contribution in [0, 0.1) is 5.82 Å². The number of methoxy groups -OCH3 is 1. The number of benzene rings is 2. The first-order valence-electron chi connectivity index (χ1n) is 9.31. The molecule has 0 aliphatic carbocycles. The van der Waals surface area contributed by atoms with Gasteiger partial charge in [0.25, 0.3) is 5.91 Å². The number of rotatable bonds is 9. The number of nitrogens with zero attached hydrogens (tertiary/aromatic N) is 4. The average molecular weight is 489 g/mol. The summed E-state index contributed by atoms with van der Waals surface area (Å²) in [6.45, 7) is 0.288. The normalized spacial score (nSPS) is 10.7. The van der Waals surface area contributed by atoms with E-state index in [1.807, 2.05) is 24.3 Å². The third-order valence-electron chi connectivity index (χ3n) is 4.07. The molecular formula is C20H17FN6O2S3. The van der Waals surface area contributed by atoms with Crippen LogP contribution < -0.4 is 15.4 Å². The second-order valence-corrected chi connectivity index (χ2v) is 9.59. The van der Waals surface area contributed by atoms with E-state index in [2.05, 4.69) is 31.0 Å². The number of halogens is 1. The Morgan fingerprint density at radius 3 is 2.75 bits per heavy atom. The SMILES string of the molecule is COc1cccc(Nc2nnc(SCc3nnc(C(=O)NCc4ccc(F)cc4)s3)s2)c1. The van der Waals surface area contributed by atoms with Crippen LogP contribution in [0.1, 0.15) is 20.4 Å². The van der Waals surface area contributed by atoms with Gasteiger partial charge in [0.15, 0.2) is 4.34 Å². The standard InChI is InChI=1S/C20H17FN6O2S3/c1-29-15-4-2-3-14(9-15)23-19-26-27-20(32-19)30-11-16-24-25-18(31-16)17(28)22-10-12-5-7-13(21)8-6-12/h2-9H,10-11H2,1H3,(H,22,28)(H,23,26). The first-order valence-corrected chi connectivity index (χ1v) is 11.9. The lowest BCUT2D eigenvalue weighted by molar-refractivity contribution is 0.0950. The van der Waals surface area contributed by atoms with Gasteiger partial charge in [-0.3, -0.25) is 4.79 Å². The molecule has 0 aliphatic rings. The number of hydrogen-bond donors (Lipinski definition) is 2. The van der Waals surface area contributed by atoms with Crippen molar-refractivity contribution in [2.75, 3.05) is 12.4 Å². The van der Waals surface area contributed by atoms with Crippen molar-refractivity contribution in [3.8, 4) is 5.75 Å². The van der Waals surface area contributed by atoms with Gasteiger partial charge in [-0.25, -0.2) is 4.39 Å². The number of carbonyl (C=O) groups is 1. The summed E-state index contributed by atoms with van der Waals surface area (Å²) < 4.78 is 18.9. The number of nitrogens with one attached hydrogen (secondary N) is 2. The number of hydrogen-bond acceptors (Lipinski definition) is 10. The smallest absolute Gasteiger partial charge is 0.282 e. The van der Waals surface area contributed by atoms with E-state index in [0.29, 0.717) is 15.9 Å². The van der Waals surface area contributed by atoms with E-state index in [9.17, 15) is 9.18 Å². The van der Waals surface area contributed by atoms with Gasteiger partial charge < -0.3 is 15.4 Å². The van der Waals surface area contributed by atoms with Crippen LogP contribution in [-0.4, -0.2) is 33.4 Å². The molecule has 164 valence electrons. The lowest BCUT2D eigenvalue weighted by atomic mass is 10.2. The highest BCUT2D eigenvalue weighted by atomic mass is 32.2. The highest BCUT2D eigenvalue weighted by Gasteiger charge is 2.14. The number of carbonyl (C=O) groups excluding carboxylic acids is 1. The molecule has 32 heavy (non-hydrogen) atoms. The minimum absolute atomic E-state index is 0.278. The second-order valence-electron chi connectivity index (χ2n) is 6.33. The molecule has 12 heteroatoms. The summed E-state index contributed by atoms with van der Waals surface area (Å²) in [6.07, 6.45) is 0. The van der Waals surface area contributed by atoms with Crippen LogP contribution in [0.3, 0.4) is 0 Å². The van der Waals surface area contributed by atoms with E-state index in [1.54, 1.807) is 19.2 Å². The molecular weight excluding hydrogens is 471 g/mol. The van der Waals surface area contributed by atoms with E-state index in [1.165, 1.54) is 46.6 Å². The van der Waals surface area contributed by atoms with Crippen LogP contribution in [-0.2, 0) is 12.3 Å². The van der Waals surface area contributed by atoms with Gasteiger partial charge in [-0.1, -0.05) is 52.6 Å². The monoisotopic (exact) mass is 488 g/mol. The molecule has 4 aromatic rings. The molecule has 0 unspecified atom stereocenters. The topological polar surface area (TPSA) is 102 Å². The quantitative estimate of drug-likeness (QED) is 0.332. The molecule has 2 aromatic heterocycles. The first kappa shape index (κ1) is 22.1. The van der Waals surface area contributed by atoms with Gasteiger partial charge in [0.05, 0.1) is 12.9 Å². The summed E-state index contributed by atoms with van der Waals surface area (Å²) in [7, 11) is 1.62. The predicted octanol–water partition coefficient (Wildman–Crippen LogP) is 4.50. The van der Waals surface area contributed by atoms with Crippen molar-refractivity contribution in [1.82, 2.24) is 25.7 Å². The summed E-state index contributed by atoms with van der Waals surface area (Å²) in [4.78, 5) is 12.3. The molecule has 0 bridgehead atoms. The van der Waals surface area contributed by atoms with Gasteiger partial charge in [-0.15, -0.1) is 20.4 Å². The molecule has 0 saturated heterocycles. The fraction of sp³-hybridized carbons (Fsp3) is 0.150. The van der Waals surface area contributed by atoms with Crippen molar-refractivity contribution in [1.29, 1.82) is 0 Å². The number of amides is 1. The Kier molecular flexibility index (Phi) is 7.24. The minimum atomic E-state index is -0.316. The number of thioether (sulfide) groups is 1. The molecule has 8 nitrogen and oxygen atoms in total. The van der Waals surface area contributed by atoms with Gasteiger partial charge in [-0.2, -0.15) is 0 Å². The van der Waals surface area contributed by atoms with E-state index in [0.717, 1.165) is 21.3 Å². The maximum atomic E-state index is 13.0. The average Bonchev–Trinajstić information content (AvgIpc) is 3.47. The van der Waals surface area contributed by atoms with Gasteiger partial charge >= 0.3 is 0 Å². The van der Waals surface area contributed by atoms with Crippen LogP contribution in [0.5, 0.6) is 5.75 Å². The zero-order valence-electron chi connectivity index (χ0n) is 16.7. The van der Waals surface area contributed by atoms with Crippen LogP contribution in [0.4, 0.5) is 15.2 Å². The first-order chi connectivity index (χ1) is 15.6. The lowest BCUT2D eigenvalue weighted by Gasteiger charge is -2.04. The van der Waals surface area contributed by atoms with Crippen molar-refractivity contribution in [3.63, 3.8) is 0 Å². The molecule has 0 saturated carbocycles. The highest BCUT2D eigenvalue weighted by Crippen LogP contribution is 2.31. The molecule has 2 aromatic carbocycles. The summed E-state index contributed by atoms with van der Waals surface area (Å²) in [5, 5.41) is 24.0. The zero-order chi connectivity index (χ0) is 22.3. The Balaban J connectivity index is 1.27. The van der Waals surface area contributed by atoms with Crippen LogP contribution in [0.25, 0.3) is 0 Å². The number of ether oxygens (including phenoxy) is 1. The molecule has 0 aliphatic heterocycles. The van der Waals surface area contributed by atoms with E-state index >= 15 is 0 Å². The molecule has 2 N–H and O–H groups in total. The Labute approximate surface area is 195 Å². The zero-order valence-corrected chi connectivity index (χ0v) is 19.2. The molecule has 0 radical (unpaired) electrons. The molecule has 0 spiro atoms. The van der Waals surface area contributed by atoms with Gasteiger partial charge in [-0.05, 0) is 29.8 Å². The van der Waals surface area contributed by atoms with Crippen molar-refractivity contribution < 1.29 is 13.9 Å². The van der Waals surface area contributed by atoms with Crippen LogP contribution in [0.15, 0.2) is 52.9 Å². The summed E-state index contributed by atoms with van der Waals surface area (Å²) in [5.41, 5.74) is 1.66. The van der Waals surface area contributed by atoms with Crippen molar-refractivity contribution in [3.05, 3.63) is 69.9 Å². The van der Waals surface area contributed by atoms with E-state index < -0.39 is 0 Å². The Morgan fingerprint density at radius 1 is 1.09 bits per heavy atom. The fourth-order valence-electron chi connectivity index (χ4n) is 2.53. The van der Waals surface area contributed by atoms with Crippen molar-refractivity contribution in [2.45, 2.75) is 16.6 Å². The highest BCUT2D eigenvalue weighted by molar-refractivity contribution is 8.00. The molecule has 0 fully saturated rings. The second kappa shape index (κ2) is 10.5. The van der Waals surface area contributed by atoms with Gasteiger partial charge in [0.2, 0.25) is 10.1 Å². The lowest BCUT2D eigenvalue weighted by Crippen LogP contribution is -2.22. The van der Waals surface area contributed by atoms with E-state index in [4.69, 9.17) is 4.74 Å². The predicted molar refractivity (Wildman–Crippen MR) is 123 cm³/mol. The summed E-state index contributed by atoms with van der Waals surface area (Å²) in [5.74, 6) is 0.646. The maximum absolute atomic E-state index is 13.0. The Hall–Kier alpha value is -3.09. The number of anilines is 2. The van der Waals surface area contributed by atoms with Gasteiger partial charge in [0, 0.05) is 18.3 Å². The minimum Gasteiger partial charge on any atom is -0.497 e. The van der Waals surface area contributed by atoms with Crippen molar-refractivity contribution in [2.24, 2.45) is 0 Å². The molecule has 1 amide bonds.